The smallest absolute Gasteiger partial charge is 0.293 e. The quantitative estimate of drug-likeness (QED) is 0.672. The molecule has 2 rings (SSSR count). The van der Waals surface area contributed by atoms with Gasteiger partial charge in [-0.05, 0) is 13.0 Å². The summed E-state index contributed by atoms with van der Waals surface area (Å²) >= 11 is 11.6. The lowest BCUT2D eigenvalue weighted by molar-refractivity contribution is -0.383. The van der Waals surface area contributed by atoms with Crippen molar-refractivity contribution in [3.05, 3.63) is 44.0 Å². The predicted octanol–water partition coefficient (Wildman–Crippen LogP) is 3.25. The van der Waals surface area contributed by atoms with Crippen LogP contribution >= 0.6 is 23.2 Å². The fourth-order valence-corrected chi connectivity index (χ4v) is 1.90. The molecular weight excluding hydrogens is 307 g/mol. The van der Waals surface area contributed by atoms with Crippen LogP contribution in [0.25, 0.3) is 0 Å². The highest BCUT2D eigenvalue weighted by Crippen LogP contribution is 2.33. The van der Waals surface area contributed by atoms with E-state index >= 15 is 0 Å². The molecule has 1 aromatic carbocycles. The Bertz CT molecular complexity index is 645. The molecule has 106 valence electrons. The van der Waals surface area contributed by atoms with Crippen molar-refractivity contribution >= 4 is 34.6 Å². The highest BCUT2D eigenvalue weighted by atomic mass is 35.5. The summed E-state index contributed by atoms with van der Waals surface area (Å²) in [6, 6.07) is 2.63. The van der Waals surface area contributed by atoms with E-state index in [9.17, 15) is 10.1 Å². The monoisotopic (exact) mass is 316 g/mol. The highest BCUT2D eigenvalue weighted by molar-refractivity contribution is 6.42. The standard InChI is InChI=1S/C11H10Cl2N4O3/c1-6-15-11(20-16-6)2-3-14-9-4-7(12)8(13)5-10(9)17(18)19/h4-5,14H,2-3H2,1H3. The van der Waals surface area contributed by atoms with Crippen LogP contribution in [0.3, 0.4) is 0 Å². The van der Waals surface area contributed by atoms with Gasteiger partial charge in [-0.3, -0.25) is 10.1 Å². The van der Waals surface area contributed by atoms with Crippen molar-refractivity contribution < 1.29 is 9.45 Å². The van der Waals surface area contributed by atoms with Gasteiger partial charge >= 0.3 is 0 Å². The molecule has 20 heavy (non-hydrogen) atoms. The van der Waals surface area contributed by atoms with Gasteiger partial charge in [0.25, 0.3) is 5.69 Å². The van der Waals surface area contributed by atoms with Gasteiger partial charge in [0.2, 0.25) is 5.89 Å². The SMILES string of the molecule is Cc1noc(CCNc2cc(Cl)c(Cl)cc2[N+](=O)[O-])n1. The molecule has 0 aliphatic carbocycles. The lowest BCUT2D eigenvalue weighted by Gasteiger charge is -2.07. The Morgan fingerprint density at radius 1 is 1.40 bits per heavy atom. The van der Waals surface area contributed by atoms with Gasteiger partial charge in [0.15, 0.2) is 5.82 Å². The minimum Gasteiger partial charge on any atom is -0.379 e. The van der Waals surface area contributed by atoms with Gasteiger partial charge in [0, 0.05) is 19.0 Å². The van der Waals surface area contributed by atoms with E-state index in [2.05, 4.69) is 15.5 Å². The van der Waals surface area contributed by atoms with Crippen LogP contribution in [-0.2, 0) is 6.42 Å². The number of nitrogens with zero attached hydrogens (tertiary/aromatic N) is 3. The molecule has 0 aliphatic heterocycles. The molecule has 1 heterocycles. The van der Waals surface area contributed by atoms with Crippen LogP contribution in [0, 0.1) is 17.0 Å². The molecule has 0 spiro atoms. The van der Waals surface area contributed by atoms with E-state index in [1.807, 2.05) is 0 Å². The minimum atomic E-state index is -0.526. The average Bonchev–Trinajstić information content (AvgIpc) is 2.79. The van der Waals surface area contributed by atoms with Crippen LogP contribution in [0.2, 0.25) is 10.0 Å². The fourth-order valence-electron chi connectivity index (χ4n) is 1.57. The molecule has 1 N–H and O–H groups in total. The summed E-state index contributed by atoms with van der Waals surface area (Å²) in [5, 5.41) is 17.9. The Morgan fingerprint density at radius 3 is 2.70 bits per heavy atom. The zero-order valence-corrected chi connectivity index (χ0v) is 11.9. The first-order chi connectivity index (χ1) is 9.47. The minimum absolute atomic E-state index is 0.136. The van der Waals surface area contributed by atoms with E-state index in [1.165, 1.54) is 12.1 Å². The lowest BCUT2D eigenvalue weighted by Crippen LogP contribution is -2.07. The van der Waals surface area contributed by atoms with Crippen LogP contribution in [0.5, 0.6) is 0 Å². The van der Waals surface area contributed by atoms with Crippen LogP contribution < -0.4 is 5.32 Å². The number of aromatic nitrogens is 2. The molecule has 0 unspecified atom stereocenters. The Labute approximate surface area is 124 Å². The van der Waals surface area contributed by atoms with Crippen LogP contribution in [0.15, 0.2) is 16.7 Å². The average molecular weight is 317 g/mol. The summed E-state index contributed by atoms with van der Waals surface area (Å²) in [6.45, 7) is 2.10. The van der Waals surface area contributed by atoms with Crippen LogP contribution in [0.4, 0.5) is 11.4 Å². The zero-order chi connectivity index (χ0) is 14.7. The Morgan fingerprint density at radius 2 is 2.10 bits per heavy atom. The van der Waals surface area contributed by atoms with E-state index in [1.54, 1.807) is 6.92 Å². The molecule has 2 aromatic rings. The maximum atomic E-state index is 10.9. The van der Waals surface area contributed by atoms with Gasteiger partial charge in [-0.25, -0.2) is 0 Å². The number of hydrogen-bond acceptors (Lipinski definition) is 6. The second-order valence-corrected chi connectivity index (χ2v) is 4.77. The van der Waals surface area contributed by atoms with Crippen molar-refractivity contribution in [2.45, 2.75) is 13.3 Å². The maximum Gasteiger partial charge on any atom is 0.293 e. The van der Waals surface area contributed by atoms with Gasteiger partial charge in [-0.2, -0.15) is 4.98 Å². The molecule has 0 radical (unpaired) electrons. The van der Waals surface area contributed by atoms with Crippen molar-refractivity contribution in [2.24, 2.45) is 0 Å². The first kappa shape index (κ1) is 14.5. The van der Waals surface area contributed by atoms with Crippen LogP contribution in [0.1, 0.15) is 11.7 Å². The van der Waals surface area contributed by atoms with Crippen molar-refractivity contribution in [3.8, 4) is 0 Å². The normalized spacial score (nSPS) is 10.6. The highest BCUT2D eigenvalue weighted by Gasteiger charge is 2.17. The van der Waals surface area contributed by atoms with Crippen molar-refractivity contribution in [1.82, 2.24) is 10.1 Å². The summed E-state index contributed by atoms with van der Waals surface area (Å²) in [7, 11) is 0. The van der Waals surface area contributed by atoms with E-state index in [-0.39, 0.29) is 15.7 Å². The number of nitrogens with one attached hydrogen (secondary N) is 1. The Kier molecular flexibility index (Phi) is 4.41. The number of aryl methyl sites for hydroxylation is 1. The van der Waals surface area contributed by atoms with E-state index < -0.39 is 4.92 Å². The molecule has 0 saturated carbocycles. The van der Waals surface area contributed by atoms with Gasteiger partial charge in [-0.1, -0.05) is 28.4 Å². The Hall–Kier alpha value is -1.86. The van der Waals surface area contributed by atoms with Gasteiger partial charge in [-0.15, -0.1) is 0 Å². The molecular formula is C11H10Cl2N4O3. The summed E-state index contributed by atoms with van der Waals surface area (Å²) in [4.78, 5) is 14.5. The molecule has 0 atom stereocenters. The first-order valence-electron chi connectivity index (χ1n) is 5.64. The van der Waals surface area contributed by atoms with E-state index in [4.69, 9.17) is 27.7 Å². The molecule has 0 saturated heterocycles. The van der Waals surface area contributed by atoms with Crippen molar-refractivity contribution in [1.29, 1.82) is 0 Å². The summed E-state index contributed by atoms with van der Waals surface area (Å²) in [5.41, 5.74) is 0.154. The van der Waals surface area contributed by atoms with Gasteiger partial charge < -0.3 is 9.84 Å². The molecule has 0 fully saturated rings. The number of benzene rings is 1. The first-order valence-corrected chi connectivity index (χ1v) is 6.39. The fraction of sp³-hybridized carbons (Fsp3) is 0.273. The third-order valence-electron chi connectivity index (χ3n) is 2.46. The van der Waals surface area contributed by atoms with Crippen LogP contribution in [-0.4, -0.2) is 21.6 Å². The molecule has 1 aromatic heterocycles. The van der Waals surface area contributed by atoms with Gasteiger partial charge in [0.05, 0.1) is 15.0 Å². The molecule has 7 nitrogen and oxygen atoms in total. The zero-order valence-electron chi connectivity index (χ0n) is 10.4. The summed E-state index contributed by atoms with van der Waals surface area (Å²) < 4.78 is 4.94. The molecule has 0 bridgehead atoms. The Balaban J connectivity index is 2.08. The topological polar surface area (TPSA) is 94.1 Å². The number of anilines is 1. The van der Waals surface area contributed by atoms with Gasteiger partial charge in [0.1, 0.15) is 5.69 Å². The second kappa shape index (κ2) is 6.06. The maximum absolute atomic E-state index is 10.9. The molecule has 0 amide bonds. The largest absolute Gasteiger partial charge is 0.379 e. The summed E-state index contributed by atoms with van der Waals surface area (Å²) in [6.07, 6.45) is 0.443. The number of hydrogen-bond donors (Lipinski definition) is 1. The number of halogens is 2. The number of rotatable bonds is 5. The van der Waals surface area contributed by atoms with Crippen molar-refractivity contribution in [3.63, 3.8) is 0 Å². The third-order valence-corrected chi connectivity index (χ3v) is 3.18. The second-order valence-electron chi connectivity index (χ2n) is 3.95. The van der Waals surface area contributed by atoms with Crippen molar-refractivity contribution in [2.75, 3.05) is 11.9 Å². The van der Waals surface area contributed by atoms with E-state index in [0.717, 1.165) is 0 Å². The molecule has 9 heteroatoms. The predicted molar refractivity (Wildman–Crippen MR) is 74.3 cm³/mol. The lowest BCUT2D eigenvalue weighted by atomic mass is 10.2. The summed E-state index contributed by atoms with van der Waals surface area (Å²) in [5.74, 6) is 0.998. The molecule has 0 aliphatic rings. The number of nitro benzene ring substituents is 1. The number of nitro groups is 1. The third kappa shape index (κ3) is 3.37. The van der Waals surface area contributed by atoms with E-state index in [0.29, 0.717) is 30.4 Å².